The smallest absolute Gasteiger partial charge is 0.375 e. The van der Waals surface area contributed by atoms with Crippen LogP contribution in [0.5, 0.6) is 0 Å². The lowest BCUT2D eigenvalue weighted by atomic mass is 10.2. The van der Waals surface area contributed by atoms with Crippen molar-refractivity contribution in [1.82, 2.24) is 5.32 Å². The van der Waals surface area contributed by atoms with Gasteiger partial charge in [0.2, 0.25) is 12.0 Å². The molecule has 0 amide bonds. The van der Waals surface area contributed by atoms with Crippen LogP contribution in [0.1, 0.15) is 18.9 Å². The molecule has 1 aromatic heterocycles. The number of carbonyl (C=O) groups excluding carboxylic acids is 1. The van der Waals surface area contributed by atoms with E-state index >= 15 is 0 Å². The molecule has 0 fully saturated rings. The molecular formula is C16H18BrNO5. The topological polar surface area (TPSA) is 69.9 Å². The fourth-order valence-electron chi connectivity index (χ4n) is 1.95. The van der Waals surface area contributed by atoms with Crippen LogP contribution in [0.25, 0.3) is 11.0 Å². The second kappa shape index (κ2) is 8.03. The van der Waals surface area contributed by atoms with Gasteiger partial charge in [0.25, 0.3) is 0 Å². The highest BCUT2D eigenvalue weighted by Gasteiger charge is 2.27. The molecule has 3 rings (SSSR count). The van der Waals surface area contributed by atoms with Crippen molar-refractivity contribution in [3.8, 4) is 0 Å². The van der Waals surface area contributed by atoms with Crippen LogP contribution in [-0.4, -0.2) is 26.8 Å². The first kappa shape index (κ1) is 17.4. The predicted octanol–water partition coefficient (Wildman–Crippen LogP) is 3.48. The number of ether oxygens (including phenoxy) is 3. The number of methoxy groups -OCH3 is 1. The number of hydrogen-bond donors (Lipinski definition) is 1. The van der Waals surface area contributed by atoms with Crippen molar-refractivity contribution in [3.05, 3.63) is 46.5 Å². The van der Waals surface area contributed by atoms with Crippen LogP contribution in [0.15, 0.2) is 45.1 Å². The monoisotopic (exact) mass is 383 g/mol. The summed E-state index contributed by atoms with van der Waals surface area (Å²) >= 11 is 3.39. The largest absolute Gasteiger partial charge is 0.460 e. The van der Waals surface area contributed by atoms with E-state index in [1.165, 1.54) is 6.20 Å². The Bertz CT molecular complexity index is 710. The maximum absolute atomic E-state index is 11.5. The van der Waals surface area contributed by atoms with Gasteiger partial charge >= 0.3 is 5.97 Å². The van der Waals surface area contributed by atoms with Crippen LogP contribution in [0.3, 0.4) is 0 Å². The second-order valence-electron chi connectivity index (χ2n) is 4.63. The molecule has 1 aliphatic heterocycles. The second-order valence-corrected chi connectivity index (χ2v) is 5.55. The molecule has 1 aliphatic rings. The Balaban J connectivity index is 0.000000595. The van der Waals surface area contributed by atoms with E-state index in [1.54, 1.807) is 21.1 Å². The van der Waals surface area contributed by atoms with Crippen LogP contribution < -0.4 is 5.32 Å². The van der Waals surface area contributed by atoms with Gasteiger partial charge in [-0.15, -0.1) is 0 Å². The molecule has 0 saturated heterocycles. The Morgan fingerprint density at radius 1 is 1.35 bits per heavy atom. The first-order chi connectivity index (χ1) is 11.1. The molecule has 1 N–H and O–H groups in total. The number of carbonyl (C=O) groups is 1. The van der Waals surface area contributed by atoms with Gasteiger partial charge in [-0.25, -0.2) is 4.79 Å². The van der Waals surface area contributed by atoms with E-state index < -0.39 is 12.2 Å². The molecule has 0 spiro atoms. The highest BCUT2D eigenvalue weighted by molar-refractivity contribution is 9.10. The number of furan rings is 1. The fourth-order valence-corrected chi connectivity index (χ4v) is 2.29. The normalized spacial score (nSPS) is 16.0. The molecule has 0 bridgehead atoms. The summed E-state index contributed by atoms with van der Waals surface area (Å²) in [5, 5.41) is 3.92. The third kappa shape index (κ3) is 4.27. The Labute approximate surface area is 142 Å². The number of hydrogen-bond acceptors (Lipinski definition) is 6. The molecule has 1 unspecified atom stereocenters. The van der Waals surface area contributed by atoms with Gasteiger partial charge in [-0.1, -0.05) is 15.9 Å². The molecule has 1 aromatic carbocycles. The van der Waals surface area contributed by atoms with Crippen molar-refractivity contribution in [2.45, 2.75) is 13.2 Å². The SMILES string of the molecule is CCOC(=O)C1=CNC(c2cc3ccc(Br)cc3o2)O1.COC. The van der Waals surface area contributed by atoms with Crippen molar-refractivity contribution in [2.24, 2.45) is 0 Å². The molecule has 0 aliphatic carbocycles. The molecule has 2 heterocycles. The summed E-state index contributed by atoms with van der Waals surface area (Å²) in [6, 6.07) is 7.64. The molecule has 6 nitrogen and oxygen atoms in total. The molecule has 7 heteroatoms. The van der Waals surface area contributed by atoms with Gasteiger partial charge in [0, 0.05) is 24.1 Å². The number of halogens is 1. The molecule has 124 valence electrons. The highest BCUT2D eigenvalue weighted by Crippen LogP contribution is 2.30. The van der Waals surface area contributed by atoms with Crippen LogP contribution in [0.4, 0.5) is 0 Å². The summed E-state index contributed by atoms with van der Waals surface area (Å²) in [4.78, 5) is 11.5. The quantitative estimate of drug-likeness (QED) is 0.818. The van der Waals surface area contributed by atoms with Crippen LogP contribution >= 0.6 is 15.9 Å². The number of esters is 1. The van der Waals surface area contributed by atoms with Crippen molar-refractivity contribution >= 4 is 32.9 Å². The zero-order valence-electron chi connectivity index (χ0n) is 13.1. The van der Waals surface area contributed by atoms with Gasteiger partial charge in [-0.3, -0.25) is 0 Å². The maximum atomic E-state index is 11.5. The summed E-state index contributed by atoms with van der Waals surface area (Å²) in [5.74, 6) is 0.272. The van der Waals surface area contributed by atoms with E-state index in [-0.39, 0.29) is 5.76 Å². The summed E-state index contributed by atoms with van der Waals surface area (Å²) in [7, 11) is 3.25. The van der Waals surface area contributed by atoms with Gasteiger partial charge in [0.1, 0.15) is 5.58 Å². The maximum Gasteiger partial charge on any atom is 0.375 e. The summed E-state index contributed by atoms with van der Waals surface area (Å²) in [6.45, 7) is 2.05. The Morgan fingerprint density at radius 3 is 2.78 bits per heavy atom. The van der Waals surface area contributed by atoms with Gasteiger partial charge < -0.3 is 23.9 Å². The number of fused-ring (bicyclic) bond motifs is 1. The lowest BCUT2D eigenvalue weighted by Crippen LogP contribution is -2.12. The summed E-state index contributed by atoms with van der Waals surface area (Å²) < 4.78 is 21.3. The molecule has 2 aromatic rings. The average Bonchev–Trinajstić information content (AvgIpc) is 3.14. The molecular weight excluding hydrogens is 366 g/mol. The molecule has 0 radical (unpaired) electrons. The van der Waals surface area contributed by atoms with E-state index in [0.717, 1.165) is 15.4 Å². The molecule has 0 saturated carbocycles. The first-order valence-corrected chi connectivity index (χ1v) is 7.77. The van der Waals surface area contributed by atoms with Crippen molar-refractivity contribution in [1.29, 1.82) is 0 Å². The van der Waals surface area contributed by atoms with Crippen LogP contribution in [0.2, 0.25) is 0 Å². The predicted molar refractivity (Wildman–Crippen MR) is 88.5 cm³/mol. The van der Waals surface area contributed by atoms with Gasteiger partial charge in [-0.2, -0.15) is 0 Å². The summed E-state index contributed by atoms with van der Waals surface area (Å²) in [6.07, 6.45) is 0.978. The first-order valence-electron chi connectivity index (χ1n) is 6.98. The van der Waals surface area contributed by atoms with Gasteiger partial charge in [-0.05, 0) is 31.2 Å². The zero-order chi connectivity index (χ0) is 16.8. The summed E-state index contributed by atoms with van der Waals surface area (Å²) in [5.41, 5.74) is 0.754. The average molecular weight is 384 g/mol. The lowest BCUT2D eigenvalue weighted by molar-refractivity contribution is -0.143. The number of nitrogens with one attached hydrogen (secondary N) is 1. The minimum atomic E-state index is -0.513. The fraction of sp³-hybridized carbons (Fsp3) is 0.312. The standard InChI is InChI=1S/C14H12BrNO4.C2H6O/c1-2-18-14(17)12-7-16-13(20-12)11-5-8-3-4-9(15)6-10(8)19-11;1-3-2/h3-7,13,16H,2H2,1H3;1-2H3. The lowest BCUT2D eigenvalue weighted by Gasteiger charge is -2.09. The van der Waals surface area contributed by atoms with Gasteiger partial charge in [0.05, 0.1) is 12.8 Å². The van der Waals surface area contributed by atoms with Crippen LogP contribution in [-0.2, 0) is 19.0 Å². The highest BCUT2D eigenvalue weighted by atomic mass is 79.9. The molecule has 23 heavy (non-hydrogen) atoms. The van der Waals surface area contributed by atoms with E-state index in [4.69, 9.17) is 13.9 Å². The Hall–Kier alpha value is -1.99. The number of benzene rings is 1. The van der Waals surface area contributed by atoms with E-state index in [0.29, 0.717) is 12.4 Å². The van der Waals surface area contributed by atoms with Crippen LogP contribution in [0, 0.1) is 0 Å². The molecule has 1 atom stereocenters. The van der Waals surface area contributed by atoms with Crippen molar-refractivity contribution in [2.75, 3.05) is 20.8 Å². The van der Waals surface area contributed by atoms with Gasteiger partial charge in [0.15, 0.2) is 5.76 Å². The minimum Gasteiger partial charge on any atom is -0.460 e. The Kier molecular flexibility index (Phi) is 6.06. The zero-order valence-corrected chi connectivity index (χ0v) is 14.7. The van der Waals surface area contributed by atoms with E-state index in [1.807, 2.05) is 24.3 Å². The minimum absolute atomic E-state index is 0.151. The van der Waals surface area contributed by atoms with E-state index in [2.05, 4.69) is 26.0 Å². The van der Waals surface area contributed by atoms with E-state index in [9.17, 15) is 4.79 Å². The third-order valence-electron chi connectivity index (χ3n) is 2.85. The van der Waals surface area contributed by atoms with Crippen molar-refractivity contribution < 1.29 is 23.4 Å². The third-order valence-corrected chi connectivity index (χ3v) is 3.34. The Morgan fingerprint density at radius 2 is 2.09 bits per heavy atom. The van der Waals surface area contributed by atoms with Crippen molar-refractivity contribution in [3.63, 3.8) is 0 Å². The number of rotatable bonds is 3.